The van der Waals surface area contributed by atoms with Crippen LogP contribution in [0, 0.1) is 0 Å². The van der Waals surface area contributed by atoms with E-state index in [9.17, 15) is 0 Å². The van der Waals surface area contributed by atoms with E-state index < -0.39 is 0 Å². The number of ether oxygens (including phenoxy) is 3. The lowest BCUT2D eigenvalue weighted by molar-refractivity contribution is -0.0181. The number of fused-ring (bicyclic) bond motifs is 1. The van der Waals surface area contributed by atoms with Gasteiger partial charge in [0.15, 0.2) is 6.79 Å². The van der Waals surface area contributed by atoms with Gasteiger partial charge in [0.05, 0.1) is 19.8 Å². The van der Waals surface area contributed by atoms with Gasteiger partial charge in [-0.2, -0.15) is 0 Å². The summed E-state index contributed by atoms with van der Waals surface area (Å²) < 4.78 is 16.3. The molecule has 5 heteroatoms. The molecule has 2 heterocycles. The normalized spacial score (nSPS) is 20.2. The van der Waals surface area contributed by atoms with Crippen molar-refractivity contribution < 1.29 is 14.2 Å². The summed E-state index contributed by atoms with van der Waals surface area (Å²) in [7, 11) is 0. The Labute approximate surface area is 106 Å². The minimum Gasteiger partial charge on any atom is -0.467 e. The Morgan fingerprint density at radius 1 is 1.17 bits per heavy atom. The van der Waals surface area contributed by atoms with Gasteiger partial charge in [-0.3, -0.25) is 4.90 Å². The van der Waals surface area contributed by atoms with Gasteiger partial charge in [-0.1, -0.05) is 0 Å². The largest absolute Gasteiger partial charge is 0.467 e. The number of rotatable bonds is 2. The molecule has 0 bridgehead atoms. The molecule has 0 spiro atoms. The first-order valence-electron chi connectivity index (χ1n) is 6.25. The number of hydrogen-bond donors (Lipinski definition) is 1. The van der Waals surface area contributed by atoms with Crippen LogP contribution in [0.25, 0.3) is 0 Å². The van der Waals surface area contributed by atoms with Crippen molar-refractivity contribution in [3.63, 3.8) is 0 Å². The molecule has 0 amide bonds. The molecule has 3 rings (SSSR count). The molecule has 1 aromatic rings. The van der Waals surface area contributed by atoms with Crippen LogP contribution in [0.4, 0.5) is 5.69 Å². The van der Waals surface area contributed by atoms with E-state index in [0.29, 0.717) is 13.4 Å². The minimum atomic E-state index is 0.326. The van der Waals surface area contributed by atoms with Crippen molar-refractivity contribution >= 4 is 5.69 Å². The molecule has 98 valence electrons. The molecule has 0 saturated carbocycles. The van der Waals surface area contributed by atoms with Crippen molar-refractivity contribution in [2.24, 2.45) is 0 Å². The fourth-order valence-electron chi connectivity index (χ4n) is 2.44. The Bertz CT molecular complexity index is 430. The van der Waals surface area contributed by atoms with Gasteiger partial charge in [0.2, 0.25) is 0 Å². The molecule has 2 aliphatic heterocycles. The van der Waals surface area contributed by atoms with Crippen LogP contribution in [0.15, 0.2) is 12.1 Å². The maximum absolute atomic E-state index is 5.93. The first-order valence-corrected chi connectivity index (χ1v) is 6.25. The summed E-state index contributed by atoms with van der Waals surface area (Å²) in [4.78, 5) is 2.36. The quantitative estimate of drug-likeness (QED) is 0.793. The molecular weight excluding hydrogens is 232 g/mol. The van der Waals surface area contributed by atoms with E-state index >= 15 is 0 Å². The molecular formula is C13H18N2O3. The maximum Gasteiger partial charge on any atom is 0.189 e. The average molecular weight is 250 g/mol. The van der Waals surface area contributed by atoms with Crippen LogP contribution in [0.5, 0.6) is 5.75 Å². The van der Waals surface area contributed by atoms with E-state index in [-0.39, 0.29) is 0 Å². The maximum atomic E-state index is 5.93. The highest BCUT2D eigenvalue weighted by Gasteiger charge is 2.19. The van der Waals surface area contributed by atoms with Crippen molar-refractivity contribution in [3.05, 3.63) is 23.3 Å². The van der Waals surface area contributed by atoms with Crippen LogP contribution in [-0.2, 0) is 22.6 Å². The van der Waals surface area contributed by atoms with Gasteiger partial charge in [0.25, 0.3) is 0 Å². The molecule has 0 atom stereocenters. The summed E-state index contributed by atoms with van der Waals surface area (Å²) in [6, 6.07) is 3.93. The van der Waals surface area contributed by atoms with Gasteiger partial charge >= 0.3 is 0 Å². The van der Waals surface area contributed by atoms with E-state index in [1.165, 1.54) is 0 Å². The monoisotopic (exact) mass is 250 g/mol. The molecule has 0 aromatic heterocycles. The number of hydrogen-bond acceptors (Lipinski definition) is 5. The summed E-state index contributed by atoms with van der Waals surface area (Å²) >= 11 is 0. The first-order chi connectivity index (χ1) is 8.83. The molecule has 0 unspecified atom stereocenters. The highest BCUT2D eigenvalue weighted by Crippen LogP contribution is 2.31. The second kappa shape index (κ2) is 5.14. The first kappa shape index (κ1) is 11.8. The SMILES string of the molecule is Nc1cc2c(c(CN3CCOCC3)c1)OCOC2. The topological polar surface area (TPSA) is 57.0 Å². The molecule has 1 aromatic carbocycles. The molecule has 5 nitrogen and oxygen atoms in total. The van der Waals surface area contributed by atoms with Crippen molar-refractivity contribution in [1.82, 2.24) is 4.90 Å². The van der Waals surface area contributed by atoms with Crippen LogP contribution in [-0.4, -0.2) is 38.0 Å². The van der Waals surface area contributed by atoms with Gasteiger partial charge in [0, 0.05) is 36.4 Å². The third-order valence-electron chi connectivity index (χ3n) is 3.31. The molecule has 0 aliphatic carbocycles. The molecule has 0 radical (unpaired) electrons. The second-order valence-electron chi connectivity index (χ2n) is 4.67. The highest BCUT2D eigenvalue weighted by molar-refractivity contribution is 5.53. The van der Waals surface area contributed by atoms with Crippen molar-refractivity contribution in [3.8, 4) is 5.75 Å². The Morgan fingerprint density at radius 3 is 2.83 bits per heavy atom. The third kappa shape index (κ3) is 2.43. The smallest absolute Gasteiger partial charge is 0.189 e. The predicted octanol–water partition coefficient (Wildman–Crippen LogP) is 0.967. The third-order valence-corrected chi connectivity index (χ3v) is 3.31. The van der Waals surface area contributed by atoms with Gasteiger partial charge in [0.1, 0.15) is 5.75 Å². The molecule has 18 heavy (non-hydrogen) atoms. The van der Waals surface area contributed by atoms with E-state index in [1.807, 2.05) is 12.1 Å². The zero-order chi connectivity index (χ0) is 12.4. The zero-order valence-electron chi connectivity index (χ0n) is 10.4. The van der Waals surface area contributed by atoms with Gasteiger partial charge in [-0.25, -0.2) is 0 Å². The van der Waals surface area contributed by atoms with Crippen molar-refractivity contribution in [1.29, 1.82) is 0 Å². The fraction of sp³-hybridized carbons (Fsp3) is 0.538. The van der Waals surface area contributed by atoms with Gasteiger partial charge in [-0.05, 0) is 12.1 Å². The fourth-order valence-corrected chi connectivity index (χ4v) is 2.44. The average Bonchev–Trinajstić information content (AvgIpc) is 2.40. The number of anilines is 1. The summed E-state index contributed by atoms with van der Waals surface area (Å²) in [6.45, 7) is 5.28. The minimum absolute atomic E-state index is 0.326. The van der Waals surface area contributed by atoms with Crippen LogP contribution in [0.1, 0.15) is 11.1 Å². The lowest BCUT2D eigenvalue weighted by Crippen LogP contribution is -2.36. The molecule has 2 aliphatic rings. The number of nitrogens with zero attached hydrogens (tertiary/aromatic N) is 1. The second-order valence-corrected chi connectivity index (χ2v) is 4.67. The van der Waals surface area contributed by atoms with Gasteiger partial charge in [-0.15, -0.1) is 0 Å². The lowest BCUT2D eigenvalue weighted by Gasteiger charge is -2.29. The highest BCUT2D eigenvalue weighted by atomic mass is 16.7. The van der Waals surface area contributed by atoms with E-state index in [0.717, 1.165) is 55.4 Å². The van der Waals surface area contributed by atoms with Crippen LogP contribution >= 0.6 is 0 Å². The van der Waals surface area contributed by atoms with Gasteiger partial charge < -0.3 is 19.9 Å². The summed E-state index contributed by atoms with van der Waals surface area (Å²) in [5, 5.41) is 0. The lowest BCUT2D eigenvalue weighted by atomic mass is 10.1. The van der Waals surface area contributed by atoms with E-state index in [2.05, 4.69) is 4.90 Å². The summed E-state index contributed by atoms with van der Waals surface area (Å²) in [5.74, 6) is 0.946. The van der Waals surface area contributed by atoms with Crippen molar-refractivity contribution in [2.75, 3.05) is 38.8 Å². The van der Waals surface area contributed by atoms with Crippen LogP contribution in [0.2, 0.25) is 0 Å². The molecule has 1 saturated heterocycles. The Balaban J connectivity index is 1.83. The van der Waals surface area contributed by atoms with Crippen LogP contribution < -0.4 is 10.5 Å². The Kier molecular flexibility index (Phi) is 3.36. The predicted molar refractivity (Wildman–Crippen MR) is 67.2 cm³/mol. The summed E-state index contributed by atoms with van der Waals surface area (Å²) in [6.07, 6.45) is 0. The van der Waals surface area contributed by atoms with E-state index in [1.54, 1.807) is 0 Å². The van der Waals surface area contributed by atoms with E-state index in [4.69, 9.17) is 19.9 Å². The Morgan fingerprint density at radius 2 is 2.00 bits per heavy atom. The Hall–Kier alpha value is -1.30. The molecule has 1 fully saturated rings. The number of nitrogen functional groups attached to an aromatic ring is 1. The van der Waals surface area contributed by atoms with Crippen LogP contribution in [0.3, 0.4) is 0 Å². The number of nitrogens with two attached hydrogens (primary N) is 1. The number of morpholine rings is 1. The number of benzene rings is 1. The molecule has 2 N–H and O–H groups in total. The summed E-state index contributed by atoms with van der Waals surface area (Å²) in [5.41, 5.74) is 8.90. The van der Waals surface area contributed by atoms with Crippen molar-refractivity contribution in [2.45, 2.75) is 13.2 Å². The zero-order valence-corrected chi connectivity index (χ0v) is 10.4. The standard InChI is InChI=1S/C13H18N2O3/c14-12-5-10(7-15-1-3-16-4-2-15)13-11(6-12)8-17-9-18-13/h5-6H,1-4,7-9,14H2.